The number of methoxy groups -OCH3 is 2. The van der Waals surface area contributed by atoms with Gasteiger partial charge in [-0.15, -0.1) is 15.3 Å². The van der Waals surface area contributed by atoms with Crippen LogP contribution in [-0.4, -0.2) is 49.7 Å². The summed E-state index contributed by atoms with van der Waals surface area (Å²) in [6, 6.07) is 9.35. The number of benzene rings is 1. The molecule has 1 amide bonds. The summed E-state index contributed by atoms with van der Waals surface area (Å²) in [6.07, 6.45) is 0.312. The van der Waals surface area contributed by atoms with E-state index in [4.69, 9.17) is 14.6 Å². The summed E-state index contributed by atoms with van der Waals surface area (Å²) in [6.45, 7) is 3.76. The van der Waals surface area contributed by atoms with Gasteiger partial charge in [0.15, 0.2) is 28.8 Å². The number of aryl methyl sites for hydroxylation is 2. The third-order valence-electron chi connectivity index (χ3n) is 5.53. The van der Waals surface area contributed by atoms with E-state index in [9.17, 15) is 4.79 Å². The molecule has 4 aromatic rings. The molecule has 0 aliphatic carbocycles. The van der Waals surface area contributed by atoms with Crippen molar-refractivity contribution in [1.82, 2.24) is 29.6 Å². The van der Waals surface area contributed by atoms with Crippen LogP contribution in [0.3, 0.4) is 0 Å². The fourth-order valence-corrected chi connectivity index (χ4v) is 4.07. The van der Waals surface area contributed by atoms with Crippen LogP contribution in [0.5, 0.6) is 11.5 Å². The number of hydrogen-bond acceptors (Lipinski definition) is 7. The van der Waals surface area contributed by atoms with Gasteiger partial charge in [0.1, 0.15) is 5.82 Å². The predicted octanol–water partition coefficient (Wildman–Crippen LogP) is 2.42. The van der Waals surface area contributed by atoms with E-state index in [0.717, 1.165) is 16.8 Å². The molecule has 1 aliphatic heterocycles. The second-order valence-electron chi connectivity index (χ2n) is 7.39. The van der Waals surface area contributed by atoms with Crippen LogP contribution in [0, 0.1) is 13.8 Å². The highest BCUT2D eigenvalue weighted by atomic mass is 16.5. The summed E-state index contributed by atoms with van der Waals surface area (Å²) >= 11 is 0. The third kappa shape index (κ3) is 2.98. The maximum Gasteiger partial charge on any atom is 0.226 e. The number of rotatable bonds is 4. The number of fused-ring (bicyclic) bond motifs is 2. The molecule has 10 nitrogen and oxygen atoms in total. The van der Waals surface area contributed by atoms with E-state index in [1.807, 2.05) is 44.2 Å². The molecular weight excluding hydrogens is 398 g/mol. The number of carbonyl (C=O) groups excluding carboxylic acids is 1. The van der Waals surface area contributed by atoms with Gasteiger partial charge in [-0.2, -0.15) is 14.3 Å². The number of anilines is 1. The molecule has 0 fully saturated rings. The van der Waals surface area contributed by atoms with Crippen molar-refractivity contribution in [3.05, 3.63) is 53.0 Å². The molecular formula is C21H21N7O3. The summed E-state index contributed by atoms with van der Waals surface area (Å²) < 4.78 is 14.1. The number of nitrogens with one attached hydrogen (secondary N) is 1. The Hall–Kier alpha value is -3.95. The van der Waals surface area contributed by atoms with Gasteiger partial charge in [-0.3, -0.25) is 4.79 Å². The van der Waals surface area contributed by atoms with Crippen LogP contribution in [0.25, 0.3) is 11.5 Å². The second-order valence-corrected chi connectivity index (χ2v) is 7.39. The highest BCUT2D eigenvalue weighted by Crippen LogP contribution is 2.42. The van der Waals surface area contributed by atoms with E-state index in [1.165, 1.54) is 0 Å². The number of aromatic nitrogens is 6. The number of nitrogens with zero attached hydrogens (tertiary/aromatic N) is 6. The van der Waals surface area contributed by atoms with Crippen molar-refractivity contribution < 1.29 is 14.3 Å². The van der Waals surface area contributed by atoms with Gasteiger partial charge in [0.2, 0.25) is 5.91 Å². The molecule has 0 bridgehead atoms. The molecule has 0 radical (unpaired) electrons. The zero-order valence-corrected chi connectivity index (χ0v) is 17.6. The lowest BCUT2D eigenvalue weighted by atomic mass is 9.85. The summed E-state index contributed by atoms with van der Waals surface area (Å²) in [5.74, 6) is 2.85. The van der Waals surface area contributed by atoms with Gasteiger partial charge in [0.05, 0.1) is 19.9 Å². The molecule has 1 aromatic carbocycles. The highest BCUT2D eigenvalue weighted by Gasteiger charge is 2.33. The number of carbonyl (C=O) groups is 1. The Bertz CT molecular complexity index is 1320. The van der Waals surface area contributed by atoms with E-state index in [1.54, 1.807) is 23.4 Å². The van der Waals surface area contributed by atoms with Gasteiger partial charge in [-0.1, -0.05) is 6.07 Å². The largest absolute Gasteiger partial charge is 0.493 e. The number of amides is 1. The van der Waals surface area contributed by atoms with Gasteiger partial charge in [0.25, 0.3) is 0 Å². The quantitative estimate of drug-likeness (QED) is 0.541. The first-order valence-electron chi connectivity index (χ1n) is 9.81. The van der Waals surface area contributed by atoms with Crippen molar-refractivity contribution >= 4 is 17.4 Å². The SMILES string of the molecule is COc1ccc([C@@H]2CC(=O)Nc3c2c(C)nn3-c2ccc3nnc(C)n3n2)cc1OC. The lowest BCUT2D eigenvalue weighted by Gasteiger charge is -2.25. The minimum Gasteiger partial charge on any atom is -0.493 e. The molecule has 158 valence electrons. The molecule has 3 aromatic heterocycles. The Labute approximate surface area is 177 Å². The van der Waals surface area contributed by atoms with Crippen molar-refractivity contribution in [2.24, 2.45) is 0 Å². The van der Waals surface area contributed by atoms with E-state index in [-0.39, 0.29) is 11.8 Å². The summed E-state index contributed by atoms with van der Waals surface area (Å²) in [5.41, 5.74) is 3.37. The highest BCUT2D eigenvalue weighted by molar-refractivity contribution is 5.95. The number of hydrogen-bond donors (Lipinski definition) is 1. The van der Waals surface area contributed by atoms with E-state index in [0.29, 0.717) is 41.0 Å². The average molecular weight is 419 g/mol. The predicted molar refractivity (Wildman–Crippen MR) is 112 cm³/mol. The Morgan fingerprint density at radius 3 is 2.61 bits per heavy atom. The van der Waals surface area contributed by atoms with Crippen molar-refractivity contribution in [2.45, 2.75) is 26.2 Å². The van der Waals surface area contributed by atoms with Crippen molar-refractivity contribution in [3.8, 4) is 17.3 Å². The Balaban J connectivity index is 1.65. The minimum atomic E-state index is -0.169. The second kappa shape index (κ2) is 7.08. The van der Waals surface area contributed by atoms with Gasteiger partial charge in [-0.25, -0.2) is 0 Å². The normalized spacial score (nSPS) is 15.6. The molecule has 31 heavy (non-hydrogen) atoms. The zero-order valence-electron chi connectivity index (χ0n) is 17.6. The van der Waals surface area contributed by atoms with Crippen LogP contribution >= 0.6 is 0 Å². The molecule has 10 heteroatoms. The minimum absolute atomic E-state index is 0.0880. The Morgan fingerprint density at radius 1 is 1.03 bits per heavy atom. The maximum atomic E-state index is 12.7. The first-order chi connectivity index (χ1) is 15.0. The Morgan fingerprint density at radius 2 is 1.84 bits per heavy atom. The van der Waals surface area contributed by atoms with Crippen LogP contribution in [0.2, 0.25) is 0 Å². The van der Waals surface area contributed by atoms with Gasteiger partial charge < -0.3 is 14.8 Å². The maximum absolute atomic E-state index is 12.7. The molecule has 0 saturated carbocycles. The van der Waals surface area contributed by atoms with Crippen LogP contribution in [0.1, 0.15) is 35.0 Å². The van der Waals surface area contributed by atoms with E-state index >= 15 is 0 Å². The topological polar surface area (TPSA) is 108 Å². The standard InChI is InChI=1S/C21H21N7O3/c1-11-20-14(13-5-6-15(30-3)16(9-13)31-4)10-19(29)22-21(20)28(25-11)18-8-7-17-24-23-12(2)27(17)26-18/h5-9,14H,10H2,1-4H3,(H,22,29)/t14-/m0/s1. The molecule has 0 unspecified atom stereocenters. The van der Waals surface area contributed by atoms with Crippen LogP contribution in [0.15, 0.2) is 30.3 Å². The molecule has 4 heterocycles. The van der Waals surface area contributed by atoms with Crippen molar-refractivity contribution in [1.29, 1.82) is 0 Å². The summed E-state index contributed by atoms with van der Waals surface area (Å²) in [5, 5.41) is 20.4. The Kier molecular flexibility index (Phi) is 4.35. The molecule has 1 aliphatic rings. The monoisotopic (exact) mass is 419 g/mol. The van der Waals surface area contributed by atoms with Crippen LogP contribution in [-0.2, 0) is 4.79 Å². The molecule has 1 N–H and O–H groups in total. The van der Waals surface area contributed by atoms with Gasteiger partial charge >= 0.3 is 0 Å². The molecule has 1 atom stereocenters. The summed E-state index contributed by atoms with van der Waals surface area (Å²) in [7, 11) is 3.19. The smallest absolute Gasteiger partial charge is 0.226 e. The van der Waals surface area contributed by atoms with Crippen LogP contribution < -0.4 is 14.8 Å². The van der Waals surface area contributed by atoms with E-state index < -0.39 is 0 Å². The average Bonchev–Trinajstić information content (AvgIpc) is 3.32. The lowest BCUT2D eigenvalue weighted by Crippen LogP contribution is -2.25. The molecule has 0 saturated heterocycles. The lowest BCUT2D eigenvalue weighted by molar-refractivity contribution is -0.116. The fourth-order valence-electron chi connectivity index (χ4n) is 4.07. The van der Waals surface area contributed by atoms with Gasteiger partial charge in [-0.05, 0) is 43.7 Å². The first-order valence-corrected chi connectivity index (χ1v) is 9.81. The van der Waals surface area contributed by atoms with Crippen molar-refractivity contribution in [3.63, 3.8) is 0 Å². The molecule has 5 rings (SSSR count). The summed E-state index contributed by atoms with van der Waals surface area (Å²) in [4.78, 5) is 12.7. The fraction of sp³-hybridized carbons (Fsp3) is 0.286. The van der Waals surface area contributed by atoms with Crippen LogP contribution in [0.4, 0.5) is 5.82 Å². The number of ether oxygens (including phenoxy) is 2. The third-order valence-corrected chi connectivity index (χ3v) is 5.53. The first kappa shape index (κ1) is 19.0. The van der Waals surface area contributed by atoms with Crippen molar-refractivity contribution in [2.75, 3.05) is 19.5 Å². The van der Waals surface area contributed by atoms with E-state index in [2.05, 4.69) is 20.6 Å². The zero-order chi connectivity index (χ0) is 21.7. The van der Waals surface area contributed by atoms with Gasteiger partial charge in [0, 0.05) is 17.9 Å². The molecule has 0 spiro atoms.